The normalized spacial score (nSPS) is 12.1. The van der Waals surface area contributed by atoms with Crippen LogP contribution in [0.5, 0.6) is 0 Å². The van der Waals surface area contributed by atoms with Crippen molar-refractivity contribution in [2.24, 2.45) is 0 Å². The molecule has 2 aromatic heterocycles. The highest BCUT2D eigenvalue weighted by Crippen LogP contribution is 2.22. The lowest BCUT2D eigenvalue weighted by molar-refractivity contribution is 0.0696. The minimum Gasteiger partial charge on any atom is -0.478 e. The third-order valence-electron chi connectivity index (χ3n) is 2.48. The highest BCUT2D eigenvalue weighted by molar-refractivity contribution is 7.07. The molecule has 0 amide bonds. The number of nitrogens with zero attached hydrogens (tertiary/aromatic N) is 1. The van der Waals surface area contributed by atoms with Crippen LogP contribution < -0.4 is 5.32 Å². The van der Waals surface area contributed by atoms with Gasteiger partial charge in [0.25, 0.3) is 0 Å². The predicted octanol–water partition coefficient (Wildman–Crippen LogP) is 2.64. The molecule has 0 aliphatic rings. The van der Waals surface area contributed by atoms with Gasteiger partial charge in [0.1, 0.15) is 5.82 Å². The molecule has 0 bridgehead atoms. The van der Waals surface area contributed by atoms with Crippen molar-refractivity contribution in [2.45, 2.75) is 6.10 Å². The summed E-state index contributed by atoms with van der Waals surface area (Å²) in [6.45, 7) is 0.246. The van der Waals surface area contributed by atoms with Crippen LogP contribution in [0.1, 0.15) is 22.0 Å². The van der Waals surface area contributed by atoms with Crippen LogP contribution in [0, 0.1) is 0 Å². The third kappa shape index (κ3) is 3.44. The lowest BCUT2D eigenvalue weighted by Gasteiger charge is -2.12. The predicted molar refractivity (Wildman–Crippen MR) is 74.0 cm³/mol. The van der Waals surface area contributed by atoms with Gasteiger partial charge in [-0.15, -0.1) is 0 Å². The number of aromatic nitrogens is 1. The van der Waals surface area contributed by atoms with Crippen molar-refractivity contribution in [2.75, 3.05) is 11.9 Å². The Morgan fingerprint density at radius 1 is 1.58 bits per heavy atom. The average molecular weight is 299 g/mol. The van der Waals surface area contributed by atoms with Crippen LogP contribution in [0.3, 0.4) is 0 Å². The first-order valence-electron chi connectivity index (χ1n) is 5.41. The van der Waals surface area contributed by atoms with Crippen molar-refractivity contribution in [3.63, 3.8) is 0 Å². The van der Waals surface area contributed by atoms with Gasteiger partial charge in [0, 0.05) is 12.7 Å². The maximum atomic E-state index is 10.7. The van der Waals surface area contributed by atoms with E-state index in [4.69, 9.17) is 16.7 Å². The summed E-state index contributed by atoms with van der Waals surface area (Å²) in [5.74, 6) is -0.736. The summed E-state index contributed by atoms with van der Waals surface area (Å²) in [4.78, 5) is 14.6. The van der Waals surface area contributed by atoms with Gasteiger partial charge >= 0.3 is 5.97 Å². The minimum absolute atomic E-state index is 0.0222. The Kier molecular flexibility index (Phi) is 4.36. The summed E-state index contributed by atoms with van der Waals surface area (Å²) >= 11 is 7.42. The Morgan fingerprint density at radius 3 is 2.95 bits per heavy atom. The van der Waals surface area contributed by atoms with E-state index in [0.29, 0.717) is 5.82 Å². The van der Waals surface area contributed by atoms with Gasteiger partial charge in [-0.2, -0.15) is 11.3 Å². The number of pyridine rings is 1. The minimum atomic E-state index is -1.08. The van der Waals surface area contributed by atoms with Crippen LogP contribution in [-0.2, 0) is 0 Å². The van der Waals surface area contributed by atoms with E-state index >= 15 is 0 Å². The SMILES string of the molecule is O=C(O)c1cnc(NCC(O)c2ccsc2)c(Cl)c1. The average Bonchev–Trinajstić information content (AvgIpc) is 2.90. The number of anilines is 1. The molecular weight excluding hydrogens is 288 g/mol. The number of carboxylic acids is 1. The molecule has 7 heteroatoms. The van der Waals surface area contributed by atoms with Gasteiger partial charge in [0.2, 0.25) is 0 Å². The highest BCUT2D eigenvalue weighted by Gasteiger charge is 2.11. The molecule has 0 fully saturated rings. The topological polar surface area (TPSA) is 82.5 Å². The van der Waals surface area contributed by atoms with Crippen molar-refractivity contribution in [1.82, 2.24) is 4.98 Å². The molecular formula is C12H11ClN2O3S. The summed E-state index contributed by atoms with van der Waals surface area (Å²) in [7, 11) is 0. The molecule has 100 valence electrons. The number of carbonyl (C=O) groups is 1. The summed E-state index contributed by atoms with van der Waals surface area (Å²) in [5, 5.41) is 25.5. The molecule has 0 spiro atoms. The Balaban J connectivity index is 2.02. The molecule has 5 nitrogen and oxygen atoms in total. The van der Waals surface area contributed by atoms with Gasteiger partial charge in [0.05, 0.1) is 16.7 Å². The lowest BCUT2D eigenvalue weighted by Crippen LogP contribution is -2.13. The van der Waals surface area contributed by atoms with Crippen LogP contribution in [0.2, 0.25) is 5.02 Å². The largest absolute Gasteiger partial charge is 0.478 e. The zero-order valence-electron chi connectivity index (χ0n) is 9.71. The summed E-state index contributed by atoms with van der Waals surface area (Å²) in [5.41, 5.74) is 0.838. The first-order valence-corrected chi connectivity index (χ1v) is 6.73. The van der Waals surface area contributed by atoms with Gasteiger partial charge in [-0.25, -0.2) is 9.78 Å². The fraction of sp³-hybridized carbons (Fsp3) is 0.167. The number of hydrogen-bond acceptors (Lipinski definition) is 5. The maximum absolute atomic E-state index is 10.7. The summed E-state index contributed by atoms with van der Waals surface area (Å²) in [6, 6.07) is 3.15. The van der Waals surface area contributed by atoms with E-state index in [2.05, 4.69) is 10.3 Å². The Bertz CT molecular complexity index is 574. The van der Waals surface area contributed by atoms with Crippen molar-refractivity contribution in [3.8, 4) is 0 Å². The second-order valence-electron chi connectivity index (χ2n) is 3.81. The smallest absolute Gasteiger partial charge is 0.337 e. The molecule has 0 aromatic carbocycles. The lowest BCUT2D eigenvalue weighted by atomic mass is 10.2. The molecule has 1 atom stereocenters. The Labute approximate surface area is 118 Å². The van der Waals surface area contributed by atoms with Crippen LogP contribution in [-0.4, -0.2) is 27.7 Å². The van der Waals surface area contributed by atoms with Gasteiger partial charge in [-0.3, -0.25) is 0 Å². The van der Waals surface area contributed by atoms with Gasteiger partial charge < -0.3 is 15.5 Å². The number of hydrogen-bond donors (Lipinski definition) is 3. The highest BCUT2D eigenvalue weighted by atomic mass is 35.5. The Morgan fingerprint density at radius 2 is 2.37 bits per heavy atom. The molecule has 19 heavy (non-hydrogen) atoms. The molecule has 0 radical (unpaired) electrons. The summed E-state index contributed by atoms with van der Waals surface area (Å²) < 4.78 is 0. The fourth-order valence-corrected chi connectivity index (χ4v) is 2.40. The van der Waals surface area contributed by atoms with Crippen LogP contribution in [0.25, 0.3) is 0 Å². The number of halogens is 1. The van der Waals surface area contributed by atoms with Crippen molar-refractivity contribution < 1.29 is 15.0 Å². The summed E-state index contributed by atoms with van der Waals surface area (Å²) in [6.07, 6.45) is 0.552. The van der Waals surface area contributed by atoms with E-state index < -0.39 is 12.1 Å². The van der Waals surface area contributed by atoms with Gasteiger partial charge in [0.15, 0.2) is 0 Å². The van der Waals surface area contributed by atoms with Gasteiger partial charge in [-0.05, 0) is 28.5 Å². The van der Waals surface area contributed by atoms with Crippen LogP contribution in [0.4, 0.5) is 5.82 Å². The molecule has 0 aliphatic carbocycles. The number of carboxylic acid groups (broad SMARTS) is 1. The zero-order chi connectivity index (χ0) is 13.8. The van der Waals surface area contributed by atoms with Gasteiger partial charge in [-0.1, -0.05) is 11.6 Å². The molecule has 0 aliphatic heterocycles. The fourth-order valence-electron chi connectivity index (χ4n) is 1.46. The second-order valence-corrected chi connectivity index (χ2v) is 5.00. The number of aliphatic hydroxyl groups is 1. The number of aromatic carboxylic acids is 1. The third-order valence-corrected chi connectivity index (χ3v) is 3.47. The molecule has 0 saturated heterocycles. The molecule has 2 heterocycles. The number of aliphatic hydroxyl groups excluding tert-OH is 1. The maximum Gasteiger partial charge on any atom is 0.337 e. The number of rotatable bonds is 5. The molecule has 1 unspecified atom stereocenters. The van der Waals surface area contributed by atoms with E-state index in [-0.39, 0.29) is 17.1 Å². The number of thiophene rings is 1. The number of nitrogens with one attached hydrogen (secondary N) is 1. The Hall–Kier alpha value is -1.63. The van der Waals surface area contributed by atoms with Crippen LogP contribution >= 0.6 is 22.9 Å². The van der Waals surface area contributed by atoms with E-state index in [1.54, 1.807) is 0 Å². The monoisotopic (exact) mass is 298 g/mol. The first kappa shape index (κ1) is 13.8. The van der Waals surface area contributed by atoms with E-state index in [0.717, 1.165) is 5.56 Å². The van der Waals surface area contributed by atoms with Crippen LogP contribution in [0.15, 0.2) is 29.1 Å². The van der Waals surface area contributed by atoms with E-state index in [9.17, 15) is 9.90 Å². The molecule has 2 aromatic rings. The standard InChI is InChI=1S/C12H11ClN2O3S/c13-9-3-8(12(17)18)4-14-11(9)15-5-10(16)7-1-2-19-6-7/h1-4,6,10,16H,5H2,(H,14,15)(H,17,18). The zero-order valence-corrected chi connectivity index (χ0v) is 11.3. The van der Waals surface area contributed by atoms with Crippen molar-refractivity contribution >= 4 is 34.7 Å². The molecule has 3 N–H and O–H groups in total. The first-order chi connectivity index (χ1) is 9.08. The second kappa shape index (κ2) is 6.01. The van der Waals surface area contributed by atoms with Crippen molar-refractivity contribution in [3.05, 3.63) is 45.2 Å². The quantitative estimate of drug-likeness (QED) is 0.790. The van der Waals surface area contributed by atoms with E-state index in [1.165, 1.54) is 23.6 Å². The van der Waals surface area contributed by atoms with E-state index in [1.807, 2.05) is 16.8 Å². The molecule has 0 saturated carbocycles. The van der Waals surface area contributed by atoms with Crippen molar-refractivity contribution in [1.29, 1.82) is 0 Å². The molecule has 2 rings (SSSR count).